The van der Waals surface area contributed by atoms with E-state index in [0.29, 0.717) is 44.6 Å². The molecule has 0 unspecified atom stereocenters. The van der Waals surface area contributed by atoms with E-state index in [4.69, 9.17) is 14.2 Å². The van der Waals surface area contributed by atoms with Crippen LogP contribution < -0.4 is 0 Å². The van der Waals surface area contributed by atoms with Crippen molar-refractivity contribution in [3.63, 3.8) is 0 Å². The van der Waals surface area contributed by atoms with Crippen LogP contribution in [-0.4, -0.2) is 61.7 Å². The summed E-state index contributed by atoms with van der Waals surface area (Å²) in [4.78, 5) is 14.9. The molecule has 0 radical (unpaired) electrons. The summed E-state index contributed by atoms with van der Waals surface area (Å²) in [7, 11) is 0. The maximum Gasteiger partial charge on any atom is 0.288 e. The van der Waals surface area contributed by atoms with E-state index in [-0.39, 0.29) is 24.3 Å². The average Bonchev–Trinajstić information content (AvgIpc) is 2.73. The lowest BCUT2D eigenvalue weighted by Gasteiger charge is -2.42. The van der Waals surface area contributed by atoms with Crippen LogP contribution in [0.5, 0.6) is 0 Å². The Morgan fingerprint density at radius 3 is 2.67 bits per heavy atom. The number of aliphatic hydroxyl groups excluding tert-OH is 1. The molecule has 1 aliphatic carbocycles. The number of carbonyl (C=O) groups excluding carboxylic acids is 1. The predicted molar refractivity (Wildman–Crippen MR) is 102 cm³/mol. The van der Waals surface area contributed by atoms with Crippen LogP contribution in [0.1, 0.15) is 51.9 Å². The van der Waals surface area contributed by atoms with Crippen molar-refractivity contribution >= 4 is 5.91 Å². The molecule has 1 saturated heterocycles. The van der Waals surface area contributed by atoms with Crippen LogP contribution in [0.2, 0.25) is 0 Å². The molecule has 154 valence electrons. The highest BCUT2D eigenvalue weighted by molar-refractivity contribution is 5.91. The van der Waals surface area contributed by atoms with E-state index in [1.54, 1.807) is 0 Å². The fourth-order valence-corrected chi connectivity index (χ4v) is 4.76. The number of hydrogen-bond donors (Lipinski definition) is 1. The van der Waals surface area contributed by atoms with E-state index < -0.39 is 6.29 Å². The molecule has 3 aliphatic rings. The van der Waals surface area contributed by atoms with Gasteiger partial charge in [0.1, 0.15) is 0 Å². The standard InChI is InChI=1S/C21H35NO5/c1-2-26-21-17(9-6-12-23)18(16-7-4-3-5-8-16)15-19(27-21)20(24)22-10-13-25-14-11-22/h15-18,21,23H,2-14H2,1H3/t17-,18-,21-/m0/s1. The van der Waals surface area contributed by atoms with Crippen LogP contribution in [0.4, 0.5) is 0 Å². The number of amides is 1. The van der Waals surface area contributed by atoms with E-state index in [1.807, 2.05) is 11.8 Å². The van der Waals surface area contributed by atoms with Crippen LogP contribution in [0.25, 0.3) is 0 Å². The van der Waals surface area contributed by atoms with Crippen molar-refractivity contribution in [2.45, 2.75) is 58.2 Å². The summed E-state index contributed by atoms with van der Waals surface area (Å²) in [5, 5.41) is 9.35. The molecule has 0 spiro atoms. The van der Waals surface area contributed by atoms with Crippen molar-refractivity contribution in [1.82, 2.24) is 4.90 Å². The van der Waals surface area contributed by atoms with Gasteiger partial charge in [0.25, 0.3) is 5.91 Å². The molecule has 2 aliphatic heterocycles. The number of nitrogens with zero attached hydrogens (tertiary/aromatic N) is 1. The minimum Gasteiger partial charge on any atom is -0.459 e. The van der Waals surface area contributed by atoms with E-state index in [1.165, 1.54) is 32.1 Å². The zero-order valence-electron chi connectivity index (χ0n) is 16.6. The highest BCUT2D eigenvalue weighted by Gasteiger charge is 2.41. The molecule has 1 N–H and O–H groups in total. The second-order valence-electron chi connectivity index (χ2n) is 7.88. The first-order valence-corrected chi connectivity index (χ1v) is 10.7. The molecule has 0 bridgehead atoms. The topological polar surface area (TPSA) is 68.2 Å². The number of allylic oxidation sites excluding steroid dienone is 1. The van der Waals surface area contributed by atoms with Gasteiger partial charge in [-0.2, -0.15) is 0 Å². The molecule has 6 nitrogen and oxygen atoms in total. The fourth-order valence-electron chi connectivity index (χ4n) is 4.76. The largest absolute Gasteiger partial charge is 0.459 e. The third-order valence-corrected chi connectivity index (χ3v) is 6.16. The summed E-state index contributed by atoms with van der Waals surface area (Å²) < 4.78 is 17.4. The Kier molecular flexibility index (Phi) is 7.97. The lowest BCUT2D eigenvalue weighted by molar-refractivity contribution is -0.180. The second-order valence-corrected chi connectivity index (χ2v) is 7.88. The van der Waals surface area contributed by atoms with E-state index >= 15 is 0 Å². The molecule has 6 heteroatoms. The maximum atomic E-state index is 13.0. The minimum atomic E-state index is -0.404. The Labute approximate surface area is 162 Å². The quantitative estimate of drug-likeness (QED) is 0.734. The minimum absolute atomic E-state index is 0.0376. The molecule has 2 fully saturated rings. The monoisotopic (exact) mass is 381 g/mol. The van der Waals surface area contributed by atoms with Gasteiger partial charge in [-0.25, -0.2) is 0 Å². The Hall–Kier alpha value is -1.11. The van der Waals surface area contributed by atoms with Gasteiger partial charge in [-0.05, 0) is 50.5 Å². The van der Waals surface area contributed by atoms with E-state index in [9.17, 15) is 9.90 Å². The van der Waals surface area contributed by atoms with Crippen LogP contribution in [-0.2, 0) is 19.0 Å². The van der Waals surface area contributed by atoms with Crippen LogP contribution >= 0.6 is 0 Å². The number of hydrogen-bond acceptors (Lipinski definition) is 5. The van der Waals surface area contributed by atoms with Crippen molar-refractivity contribution in [1.29, 1.82) is 0 Å². The molecule has 0 aromatic heterocycles. The molecule has 2 heterocycles. The highest BCUT2D eigenvalue weighted by Crippen LogP contribution is 2.42. The number of rotatable bonds is 7. The Morgan fingerprint density at radius 2 is 2.00 bits per heavy atom. The van der Waals surface area contributed by atoms with Gasteiger partial charge in [-0.3, -0.25) is 4.79 Å². The summed E-state index contributed by atoms with van der Waals surface area (Å²) in [6.45, 7) is 5.08. The van der Waals surface area contributed by atoms with Gasteiger partial charge >= 0.3 is 0 Å². The van der Waals surface area contributed by atoms with Crippen molar-refractivity contribution in [2.24, 2.45) is 17.8 Å². The van der Waals surface area contributed by atoms with Gasteiger partial charge in [0.15, 0.2) is 5.76 Å². The van der Waals surface area contributed by atoms with Crippen molar-refractivity contribution in [3.8, 4) is 0 Å². The molecule has 27 heavy (non-hydrogen) atoms. The van der Waals surface area contributed by atoms with Gasteiger partial charge in [0.05, 0.1) is 13.2 Å². The second kappa shape index (κ2) is 10.4. The molecule has 3 atom stereocenters. The first kappa shape index (κ1) is 20.6. The van der Waals surface area contributed by atoms with Gasteiger partial charge in [0.2, 0.25) is 6.29 Å². The number of morpholine rings is 1. The first-order chi connectivity index (χ1) is 13.2. The number of aliphatic hydroxyl groups is 1. The predicted octanol–water partition coefficient (Wildman–Crippen LogP) is 2.71. The van der Waals surface area contributed by atoms with Crippen LogP contribution in [0, 0.1) is 17.8 Å². The zero-order valence-corrected chi connectivity index (χ0v) is 16.6. The van der Waals surface area contributed by atoms with Crippen molar-refractivity contribution in [3.05, 3.63) is 11.8 Å². The maximum absolute atomic E-state index is 13.0. The smallest absolute Gasteiger partial charge is 0.288 e. The summed E-state index contributed by atoms with van der Waals surface area (Å²) in [6.07, 6.45) is 9.51. The normalized spacial score (nSPS) is 29.9. The fraction of sp³-hybridized carbons (Fsp3) is 0.857. The van der Waals surface area contributed by atoms with Gasteiger partial charge in [-0.15, -0.1) is 0 Å². The highest BCUT2D eigenvalue weighted by atomic mass is 16.7. The summed E-state index contributed by atoms with van der Waals surface area (Å²) in [5.74, 6) is 1.46. The number of ether oxygens (including phenoxy) is 3. The lowest BCUT2D eigenvalue weighted by Crippen LogP contribution is -2.46. The zero-order chi connectivity index (χ0) is 19.1. The SMILES string of the molecule is CCO[C@H]1OC(C(=O)N2CCOCC2)=C[C@@H](C2CCCCC2)[C@@H]1CCCO. The van der Waals surface area contributed by atoms with E-state index in [0.717, 1.165) is 12.8 Å². The molecular formula is C21H35NO5. The lowest BCUT2D eigenvalue weighted by atomic mass is 9.71. The van der Waals surface area contributed by atoms with E-state index in [2.05, 4.69) is 6.08 Å². The van der Waals surface area contributed by atoms with Crippen LogP contribution in [0.15, 0.2) is 11.8 Å². The average molecular weight is 382 g/mol. The molecule has 0 aromatic carbocycles. The summed E-state index contributed by atoms with van der Waals surface area (Å²) in [5.41, 5.74) is 0. The molecule has 0 aromatic rings. The van der Waals surface area contributed by atoms with Crippen molar-refractivity contribution < 1.29 is 24.1 Å². The molecular weight excluding hydrogens is 346 g/mol. The Morgan fingerprint density at radius 1 is 1.26 bits per heavy atom. The van der Waals surface area contributed by atoms with Gasteiger partial charge < -0.3 is 24.2 Å². The van der Waals surface area contributed by atoms with Crippen LogP contribution in [0.3, 0.4) is 0 Å². The molecule has 3 rings (SSSR count). The molecule has 1 saturated carbocycles. The number of carbonyl (C=O) groups is 1. The Balaban J connectivity index is 1.82. The summed E-state index contributed by atoms with van der Waals surface area (Å²) in [6, 6.07) is 0. The van der Waals surface area contributed by atoms with Gasteiger partial charge in [0, 0.05) is 32.2 Å². The first-order valence-electron chi connectivity index (χ1n) is 10.7. The summed E-state index contributed by atoms with van der Waals surface area (Å²) >= 11 is 0. The third kappa shape index (κ3) is 5.24. The third-order valence-electron chi connectivity index (χ3n) is 6.16. The Bertz CT molecular complexity index is 497. The molecule has 1 amide bonds. The van der Waals surface area contributed by atoms with Gasteiger partial charge in [-0.1, -0.05) is 19.3 Å². The van der Waals surface area contributed by atoms with Crippen molar-refractivity contribution in [2.75, 3.05) is 39.5 Å².